The van der Waals surface area contributed by atoms with Gasteiger partial charge in [0.05, 0.1) is 19.8 Å². The lowest BCUT2D eigenvalue weighted by atomic mass is 10.0. The van der Waals surface area contributed by atoms with E-state index >= 15 is 0 Å². The zero-order valence-corrected chi connectivity index (χ0v) is 15.5. The minimum atomic E-state index is -5.44. The number of carbonyl (C=O) groups is 1. The highest BCUT2D eigenvalue weighted by atomic mass is 32.2. The van der Waals surface area contributed by atoms with E-state index < -0.39 is 58.6 Å². The highest BCUT2D eigenvalue weighted by Crippen LogP contribution is 2.48. The average Bonchev–Trinajstić information content (AvgIpc) is 2.58. The summed E-state index contributed by atoms with van der Waals surface area (Å²) in [6.07, 6.45) is 0. The van der Waals surface area contributed by atoms with Crippen LogP contribution in [0, 0.1) is 0 Å². The van der Waals surface area contributed by atoms with Crippen molar-refractivity contribution in [3.63, 3.8) is 0 Å². The minimum absolute atomic E-state index is 0.0882. The molecule has 10 nitrogen and oxygen atoms in total. The third-order valence-corrected chi connectivity index (χ3v) is 5.45. The number of hydrogen-bond donors (Lipinski definition) is 3. The van der Waals surface area contributed by atoms with Gasteiger partial charge >= 0.3 is 0 Å². The van der Waals surface area contributed by atoms with Crippen molar-refractivity contribution in [2.45, 2.75) is 9.79 Å². The summed E-state index contributed by atoms with van der Waals surface area (Å²) in [5.74, 6) is -3.79. The predicted molar refractivity (Wildman–Crippen MR) is 90.7 cm³/mol. The quantitative estimate of drug-likeness (QED) is 0.457. The number of aromatic hydroxyl groups is 1. The van der Waals surface area contributed by atoms with Crippen LogP contribution < -0.4 is 9.47 Å². The summed E-state index contributed by atoms with van der Waals surface area (Å²) in [7, 11) is -8.87. The van der Waals surface area contributed by atoms with Gasteiger partial charge in [-0.25, -0.2) is 0 Å². The van der Waals surface area contributed by atoms with E-state index in [1.54, 1.807) is 6.07 Å². The van der Waals surface area contributed by atoms with Crippen LogP contribution >= 0.6 is 0 Å². The zero-order chi connectivity index (χ0) is 20.6. The van der Waals surface area contributed by atoms with Crippen molar-refractivity contribution in [3.05, 3.63) is 41.5 Å². The maximum Gasteiger partial charge on any atom is 0.299 e. The van der Waals surface area contributed by atoms with Gasteiger partial charge < -0.3 is 14.6 Å². The number of ketones is 1. The summed E-state index contributed by atoms with van der Waals surface area (Å²) in [5.41, 5.74) is -1.02. The highest BCUT2D eigenvalue weighted by Gasteiger charge is 2.39. The van der Waals surface area contributed by atoms with Gasteiger partial charge in [0.25, 0.3) is 20.2 Å². The number of benzene rings is 2. The molecule has 0 spiro atoms. The van der Waals surface area contributed by atoms with E-state index in [1.807, 2.05) is 0 Å². The molecule has 0 aliphatic carbocycles. The first-order valence-corrected chi connectivity index (χ1v) is 9.88. The summed E-state index contributed by atoms with van der Waals surface area (Å²) < 4.78 is 75.9. The van der Waals surface area contributed by atoms with Gasteiger partial charge in [0, 0.05) is 5.56 Å². The Bertz CT molecular complexity index is 1100. The van der Waals surface area contributed by atoms with Gasteiger partial charge in [0.15, 0.2) is 22.2 Å². The molecule has 0 unspecified atom stereocenters. The fourth-order valence-electron chi connectivity index (χ4n) is 2.46. The van der Waals surface area contributed by atoms with E-state index in [0.29, 0.717) is 0 Å². The van der Waals surface area contributed by atoms with Crippen molar-refractivity contribution in [2.24, 2.45) is 0 Å². The number of hydrogen-bond acceptors (Lipinski definition) is 8. The lowest BCUT2D eigenvalue weighted by molar-refractivity contribution is 0.103. The van der Waals surface area contributed by atoms with Gasteiger partial charge in [0.2, 0.25) is 5.75 Å². The number of ether oxygens (including phenoxy) is 2. The standard InChI is InChI=1S/C15H14O10S2/c1-24-12-9(10(16)8-6-4-3-5-7-8)14(26(18,19)20)15(27(21,22)23)11(17)13(12)25-2/h3-7,17H,1-2H3,(H,18,19,20)(H,21,22,23). The Hall–Kier alpha value is -2.67. The van der Waals surface area contributed by atoms with E-state index in [2.05, 4.69) is 0 Å². The molecule has 27 heavy (non-hydrogen) atoms. The molecule has 0 aromatic heterocycles. The van der Waals surface area contributed by atoms with E-state index in [4.69, 9.17) is 9.47 Å². The Kier molecular flexibility index (Phi) is 5.47. The van der Waals surface area contributed by atoms with Crippen LogP contribution in [0.1, 0.15) is 15.9 Å². The number of carbonyl (C=O) groups excluding carboxylic acids is 1. The van der Waals surface area contributed by atoms with Crippen LogP contribution in [0.3, 0.4) is 0 Å². The van der Waals surface area contributed by atoms with Crippen LogP contribution in [-0.2, 0) is 20.2 Å². The molecule has 2 aromatic rings. The summed E-state index contributed by atoms with van der Waals surface area (Å²) in [5, 5.41) is 10.1. The van der Waals surface area contributed by atoms with Crippen molar-refractivity contribution in [1.29, 1.82) is 0 Å². The molecule has 0 amide bonds. The Balaban J connectivity index is 3.16. The molecule has 0 fully saturated rings. The number of rotatable bonds is 6. The lowest BCUT2D eigenvalue weighted by Gasteiger charge is -2.19. The second-order valence-corrected chi connectivity index (χ2v) is 7.81. The molecular weight excluding hydrogens is 404 g/mol. The van der Waals surface area contributed by atoms with Gasteiger partial charge in [-0.1, -0.05) is 30.3 Å². The van der Waals surface area contributed by atoms with E-state index in [9.17, 15) is 35.8 Å². The van der Waals surface area contributed by atoms with Crippen molar-refractivity contribution in [1.82, 2.24) is 0 Å². The molecule has 0 radical (unpaired) electrons. The third-order valence-electron chi connectivity index (χ3n) is 3.48. The molecular formula is C15H14O10S2. The average molecular weight is 418 g/mol. The second kappa shape index (κ2) is 7.15. The first-order chi connectivity index (χ1) is 12.4. The van der Waals surface area contributed by atoms with Crippen molar-refractivity contribution in [2.75, 3.05) is 14.2 Å². The van der Waals surface area contributed by atoms with Gasteiger partial charge in [0.1, 0.15) is 4.90 Å². The molecule has 0 aliphatic heterocycles. The maximum absolute atomic E-state index is 12.9. The first kappa shape index (κ1) is 20.6. The summed E-state index contributed by atoms with van der Waals surface area (Å²) >= 11 is 0. The Morgan fingerprint density at radius 1 is 0.852 bits per heavy atom. The zero-order valence-electron chi connectivity index (χ0n) is 13.9. The fraction of sp³-hybridized carbons (Fsp3) is 0.133. The number of methoxy groups -OCH3 is 2. The van der Waals surface area contributed by atoms with E-state index in [1.165, 1.54) is 24.3 Å². The van der Waals surface area contributed by atoms with Gasteiger partial charge in [-0.3, -0.25) is 13.9 Å². The van der Waals surface area contributed by atoms with Gasteiger partial charge in [-0.2, -0.15) is 16.8 Å². The van der Waals surface area contributed by atoms with Crippen molar-refractivity contribution in [3.8, 4) is 17.2 Å². The molecule has 0 bridgehead atoms. The molecule has 0 aliphatic rings. The van der Waals surface area contributed by atoms with E-state index in [0.717, 1.165) is 14.2 Å². The Morgan fingerprint density at radius 2 is 1.33 bits per heavy atom. The highest BCUT2D eigenvalue weighted by molar-refractivity contribution is 7.89. The Labute approximate surface area is 154 Å². The van der Waals surface area contributed by atoms with Crippen LogP contribution in [0.15, 0.2) is 40.1 Å². The first-order valence-electron chi connectivity index (χ1n) is 7.00. The maximum atomic E-state index is 12.9. The lowest BCUT2D eigenvalue weighted by Crippen LogP contribution is -2.17. The minimum Gasteiger partial charge on any atom is -0.503 e. The SMILES string of the molecule is COc1c(O)c(S(=O)(=O)O)c(S(=O)(=O)O)c(C(=O)c2ccccc2)c1OC. The van der Waals surface area contributed by atoms with Crippen LogP contribution in [-0.4, -0.2) is 51.1 Å². The van der Waals surface area contributed by atoms with Gasteiger partial charge in [-0.15, -0.1) is 0 Å². The smallest absolute Gasteiger partial charge is 0.299 e. The van der Waals surface area contributed by atoms with Gasteiger partial charge in [-0.05, 0) is 0 Å². The van der Waals surface area contributed by atoms with Crippen LogP contribution in [0.25, 0.3) is 0 Å². The molecule has 146 valence electrons. The molecule has 12 heteroatoms. The molecule has 0 heterocycles. The normalized spacial score (nSPS) is 11.9. The van der Waals surface area contributed by atoms with Crippen LogP contribution in [0.2, 0.25) is 0 Å². The largest absolute Gasteiger partial charge is 0.503 e. The fourth-order valence-corrected chi connectivity index (χ4v) is 4.54. The molecule has 0 saturated heterocycles. The predicted octanol–water partition coefficient (Wildman–Crippen LogP) is 1.13. The van der Waals surface area contributed by atoms with Crippen molar-refractivity contribution >= 4 is 26.0 Å². The van der Waals surface area contributed by atoms with Crippen LogP contribution in [0.5, 0.6) is 17.2 Å². The Morgan fingerprint density at radius 3 is 1.74 bits per heavy atom. The molecule has 3 N–H and O–H groups in total. The van der Waals surface area contributed by atoms with E-state index in [-0.39, 0.29) is 5.56 Å². The number of phenolic OH excluding ortho intramolecular Hbond substituents is 1. The van der Waals surface area contributed by atoms with Crippen LogP contribution in [0.4, 0.5) is 0 Å². The monoisotopic (exact) mass is 418 g/mol. The molecule has 0 saturated carbocycles. The topological polar surface area (TPSA) is 164 Å². The number of phenols is 1. The van der Waals surface area contributed by atoms with Crippen molar-refractivity contribution < 1.29 is 45.3 Å². The third kappa shape index (κ3) is 3.73. The molecule has 0 atom stereocenters. The molecule has 2 rings (SSSR count). The summed E-state index contributed by atoms with van der Waals surface area (Å²) in [4.78, 5) is 9.74. The molecule has 2 aromatic carbocycles. The summed E-state index contributed by atoms with van der Waals surface area (Å²) in [6.45, 7) is 0. The second-order valence-electron chi connectivity index (χ2n) is 5.09. The summed E-state index contributed by atoms with van der Waals surface area (Å²) in [6, 6.07) is 7.06.